The van der Waals surface area contributed by atoms with Gasteiger partial charge in [-0.05, 0) is 37.1 Å². The highest BCUT2D eigenvalue weighted by Gasteiger charge is 2.37. The van der Waals surface area contributed by atoms with Crippen molar-refractivity contribution in [1.29, 1.82) is 0 Å². The Hall–Kier alpha value is -3.15. The van der Waals surface area contributed by atoms with E-state index in [1.54, 1.807) is 29.2 Å². The van der Waals surface area contributed by atoms with Crippen LogP contribution < -0.4 is 10.2 Å². The number of benzene rings is 2. The molecule has 146 valence electrons. The molecule has 0 aliphatic carbocycles. The minimum Gasteiger partial charge on any atom is -0.452 e. The molecule has 1 heterocycles. The number of carbonyl (C=O) groups excluding carboxylic acids is 3. The number of rotatable bonds is 6. The maximum absolute atomic E-state index is 12.5. The van der Waals surface area contributed by atoms with Crippen LogP contribution >= 0.6 is 0 Å². The predicted molar refractivity (Wildman–Crippen MR) is 107 cm³/mol. The highest BCUT2D eigenvalue weighted by Crippen LogP contribution is 2.29. The van der Waals surface area contributed by atoms with Gasteiger partial charge in [0.25, 0.3) is 5.91 Å². The first-order valence-corrected chi connectivity index (χ1v) is 9.44. The molecule has 0 bridgehead atoms. The van der Waals surface area contributed by atoms with Gasteiger partial charge in [-0.25, -0.2) is 0 Å². The molecule has 0 radical (unpaired) electrons. The van der Waals surface area contributed by atoms with Crippen molar-refractivity contribution in [3.63, 3.8) is 0 Å². The van der Waals surface area contributed by atoms with E-state index in [4.69, 9.17) is 4.74 Å². The van der Waals surface area contributed by atoms with E-state index in [-0.39, 0.29) is 18.9 Å². The van der Waals surface area contributed by atoms with Crippen LogP contribution in [-0.4, -0.2) is 30.4 Å². The molecule has 2 aromatic rings. The second-order valence-corrected chi connectivity index (χ2v) is 6.82. The third-order valence-electron chi connectivity index (χ3n) is 4.83. The third kappa shape index (κ3) is 4.39. The third-order valence-corrected chi connectivity index (χ3v) is 4.83. The molecule has 2 aromatic carbocycles. The predicted octanol–water partition coefficient (Wildman–Crippen LogP) is 3.17. The van der Waals surface area contributed by atoms with Crippen LogP contribution in [0.5, 0.6) is 0 Å². The number of hydrogen-bond acceptors (Lipinski definition) is 4. The zero-order valence-electron chi connectivity index (χ0n) is 16.1. The smallest absolute Gasteiger partial charge is 0.312 e. The standard InChI is InChI=1S/C22H24N2O4/c1-3-16-9-7-8-12-19(16)24-14-17(13-20(24)25)22(27)28-15(2)21(26)23-18-10-5-4-6-11-18/h4-12,15,17H,3,13-14H2,1-2H3,(H,23,26)/t15-,17-/m1/s1. The Morgan fingerprint density at radius 2 is 1.82 bits per heavy atom. The maximum Gasteiger partial charge on any atom is 0.312 e. The van der Waals surface area contributed by atoms with Crippen molar-refractivity contribution in [3.05, 3.63) is 60.2 Å². The largest absolute Gasteiger partial charge is 0.452 e. The van der Waals surface area contributed by atoms with E-state index in [9.17, 15) is 14.4 Å². The van der Waals surface area contributed by atoms with E-state index in [0.717, 1.165) is 17.7 Å². The molecule has 1 N–H and O–H groups in total. The lowest BCUT2D eigenvalue weighted by atomic mass is 10.1. The van der Waals surface area contributed by atoms with Gasteiger partial charge in [0.15, 0.2) is 6.10 Å². The fourth-order valence-electron chi connectivity index (χ4n) is 3.26. The molecule has 1 saturated heterocycles. The van der Waals surface area contributed by atoms with E-state index in [2.05, 4.69) is 5.32 Å². The first-order valence-electron chi connectivity index (χ1n) is 9.44. The number of ether oxygens (including phenoxy) is 1. The number of hydrogen-bond donors (Lipinski definition) is 1. The highest BCUT2D eigenvalue weighted by molar-refractivity contribution is 6.01. The molecule has 0 saturated carbocycles. The average Bonchev–Trinajstić information content (AvgIpc) is 3.10. The molecule has 1 fully saturated rings. The lowest BCUT2D eigenvalue weighted by Crippen LogP contribution is -2.33. The van der Waals surface area contributed by atoms with Gasteiger partial charge in [0, 0.05) is 24.3 Å². The number of para-hydroxylation sites is 2. The van der Waals surface area contributed by atoms with Gasteiger partial charge in [-0.15, -0.1) is 0 Å². The van der Waals surface area contributed by atoms with Gasteiger partial charge in [0.1, 0.15) is 0 Å². The van der Waals surface area contributed by atoms with E-state index in [1.165, 1.54) is 6.92 Å². The van der Waals surface area contributed by atoms with Gasteiger partial charge in [-0.2, -0.15) is 0 Å². The summed E-state index contributed by atoms with van der Waals surface area (Å²) in [7, 11) is 0. The van der Waals surface area contributed by atoms with Crippen LogP contribution in [0, 0.1) is 5.92 Å². The van der Waals surface area contributed by atoms with Crippen LogP contribution in [0.1, 0.15) is 25.8 Å². The molecule has 0 aromatic heterocycles. The minimum absolute atomic E-state index is 0.0872. The number of anilines is 2. The normalized spacial score (nSPS) is 17.3. The van der Waals surface area contributed by atoms with Crippen molar-refractivity contribution < 1.29 is 19.1 Å². The molecule has 28 heavy (non-hydrogen) atoms. The van der Waals surface area contributed by atoms with E-state index >= 15 is 0 Å². The average molecular weight is 380 g/mol. The summed E-state index contributed by atoms with van der Waals surface area (Å²) in [5.41, 5.74) is 2.52. The number of carbonyl (C=O) groups is 3. The Bertz CT molecular complexity index is 866. The molecule has 1 aliphatic heterocycles. The van der Waals surface area contributed by atoms with E-state index in [1.807, 2.05) is 37.3 Å². The Labute approximate surface area is 164 Å². The lowest BCUT2D eigenvalue weighted by Gasteiger charge is -2.20. The molecule has 0 unspecified atom stereocenters. The van der Waals surface area contributed by atoms with Crippen LogP contribution in [0.15, 0.2) is 54.6 Å². The zero-order valence-corrected chi connectivity index (χ0v) is 16.1. The Morgan fingerprint density at radius 1 is 1.14 bits per heavy atom. The first kappa shape index (κ1) is 19.6. The second kappa shape index (κ2) is 8.69. The zero-order chi connectivity index (χ0) is 20.1. The van der Waals surface area contributed by atoms with Crippen LogP contribution in [-0.2, 0) is 25.5 Å². The summed E-state index contributed by atoms with van der Waals surface area (Å²) in [6.45, 7) is 3.82. The van der Waals surface area contributed by atoms with Gasteiger partial charge in [-0.3, -0.25) is 14.4 Å². The second-order valence-electron chi connectivity index (χ2n) is 6.82. The van der Waals surface area contributed by atoms with Gasteiger partial charge in [0.05, 0.1) is 5.92 Å². The minimum atomic E-state index is -0.945. The Kier molecular flexibility index (Phi) is 6.09. The van der Waals surface area contributed by atoms with Gasteiger partial charge in [0.2, 0.25) is 5.91 Å². The summed E-state index contributed by atoms with van der Waals surface area (Å²) in [5, 5.41) is 2.70. The van der Waals surface area contributed by atoms with Crippen molar-refractivity contribution in [1.82, 2.24) is 0 Å². The summed E-state index contributed by atoms with van der Waals surface area (Å²) >= 11 is 0. The fourth-order valence-corrected chi connectivity index (χ4v) is 3.26. The number of nitrogens with zero attached hydrogens (tertiary/aromatic N) is 1. The van der Waals surface area contributed by atoms with E-state index in [0.29, 0.717) is 5.69 Å². The summed E-state index contributed by atoms with van der Waals surface area (Å²) in [5.74, 6) is -1.62. The van der Waals surface area contributed by atoms with Crippen LogP contribution in [0.3, 0.4) is 0 Å². The Balaban J connectivity index is 1.60. The first-order chi connectivity index (χ1) is 13.5. The molecule has 0 spiro atoms. The van der Waals surface area contributed by atoms with E-state index < -0.39 is 23.9 Å². The summed E-state index contributed by atoms with van der Waals surface area (Å²) in [4.78, 5) is 38.8. The lowest BCUT2D eigenvalue weighted by molar-refractivity contribution is -0.157. The quantitative estimate of drug-likeness (QED) is 0.781. The van der Waals surface area contributed by atoms with Crippen LogP contribution in [0.25, 0.3) is 0 Å². The fraction of sp³-hybridized carbons (Fsp3) is 0.318. The van der Waals surface area contributed by atoms with Crippen LogP contribution in [0.2, 0.25) is 0 Å². The van der Waals surface area contributed by atoms with Crippen molar-refractivity contribution in [3.8, 4) is 0 Å². The van der Waals surface area contributed by atoms with Gasteiger partial charge < -0.3 is 15.0 Å². The molecular weight excluding hydrogens is 356 g/mol. The van der Waals surface area contributed by atoms with Crippen molar-refractivity contribution in [2.24, 2.45) is 5.92 Å². The number of aryl methyl sites for hydroxylation is 1. The number of esters is 1. The van der Waals surface area contributed by atoms with Crippen molar-refractivity contribution in [2.45, 2.75) is 32.8 Å². The highest BCUT2D eigenvalue weighted by atomic mass is 16.5. The van der Waals surface area contributed by atoms with Gasteiger partial charge in [-0.1, -0.05) is 43.3 Å². The monoisotopic (exact) mass is 380 g/mol. The molecule has 2 atom stereocenters. The summed E-state index contributed by atoms with van der Waals surface area (Å²) in [6.07, 6.45) is -0.0601. The molecule has 2 amide bonds. The van der Waals surface area contributed by atoms with Crippen molar-refractivity contribution in [2.75, 3.05) is 16.8 Å². The summed E-state index contributed by atoms with van der Waals surface area (Å²) < 4.78 is 5.33. The van der Waals surface area contributed by atoms with Crippen molar-refractivity contribution >= 4 is 29.2 Å². The molecule has 1 aliphatic rings. The molecular formula is C22H24N2O4. The number of nitrogens with one attached hydrogen (secondary N) is 1. The van der Waals surface area contributed by atoms with Gasteiger partial charge >= 0.3 is 5.97 Å². The molecule has 6 heteroatoms. The maximum atomic E-state index is 12.5. The Morgan fingerprint density at radius 3 is 2.54 bits per heavy atom. The molecule has 6 nitrogen and oxygen atoms in total. The SMILES string of the molecule is CCc1ccccc1N1C[C@H](C(=O)O[C@H](C)C(=O)Nc2ccccc2)CC1=O. The van der Waals surface area contributed by atoms with Crippen LogP contribution in [0.4, 0.5) is 11.4 Å². The summed E-state index contributed by atoms with van der Waals surface area (Å²) in [6, 6.07) is 16.6. The molecule has 3 rings (SSSR count). The number of amides is 2. The topological polar surface area (TPSA) is 75.7 Å².